The van der Waals surface area contributed by atoms with E-state index < -0.39 is 0 Å². The van der Waals surface area contributed by atoms with Crippen LogP contribution in [-0.2, 0) is 0 Å². The summed E-state index contributed by atoms with van der Waals surface area (Å²) in [6.45, 7) is 0. The summed E-state index contributed by atoms with van der Waals surface area (Å²) in [6.07, 6.45) is 1.97. The minimum absolute atomic E-state index is 0.0877. The van der Waals surface area contributed by atoms with Crippen LogP contribution in [0.1, 0.15) is 10.4 Å². The highest BCUT2D eigenvalue weighted by Gasteiger charge is 2.12. The average molecular weight is 393 g/mol. The van der Waals surface area contributed by atoms with Crippen molar-refractivity contribution in [3.63, 3.8) is 0 Å². The second kappa shape index (κ2) is 7.42. The number of nitrogens with one attached hydrogen (secondary N) is 1. The Balaban J connectivity index is 1.58. The third-order valence-corrected chi connectivity index (χ3v) is 5.91. The molecule has 4 aromatic rings. The summed E-state index contributed by atoms with van der Waals surface area (Å²) in [6, 6.07) is 20.4. The molecule has 0 aliphatic rings. The lowest BCUT2D eigenvalue weighted by atomic mass is 10.1. The fraction of sp³-hybridized carbons (Fsp3) is 0.0476. The van der Waals surface area contributed by atoms with Gasteiger partial charge in [0.25, 0.3) is 5.91 Å². The third-order valence-electron chi connectivity index (χ3n) is 4.11. The molecule has 3 aromatic carbocycles. The molecule has 0 fully saturated rings. The molecule has 1 aromatic heterocycles. The molecule has 1 heterocycles. The Morgan fingerprint density at radius 1 is 1.07 bits per heavy atom. The molecule has 0 bridgehead atoms. The Labute approximate surface area is 164 Å². The van der Waals surface area contributed by atoms with Crippen molar-refractivity contribution in [1.29, 1.82) is 0 Å². The number of anilines is 1. The van der Waals surface area contributed by atoms with E-state index in [2.05, 4.69) is 10.3 Å². The van der Waals surface area contributed by atoms with E-state index in [1.807, 2.05) is 48.7 Å². The van der Waals surface area contributed by atoms with Crippen molar-refractivity contribution in [1.82, 2.24) is 4.98 Å². The zero-order chi connectivity index (χ0) is 18.8. The van der Waals surface area contributed by atoms with Gasteiger partial charge in [-0.15, -0.1) is 23.1 Å². The van der Waals surface area contributed by atoms with Crippen LogP contribution in [0.3, 0.4) is 0 Å². The summed E-state index contributed by atoms with van der Waals surface area (Å²) < 4.78 is 1.07. The first-order valence-electron chi connectivity index (χ1n) is 8.28. The van der Waals surface area contributed by atoms with Gasteiger partial charge in [0, 0.05) is 22.2 Å². The number of hydrogen-bond acceptors (Lipinski definition) is 5. The number of phenolic OH excluding ortho intramolecular Hbond substituents is 1. The Hall–Kier alpha value is -2.83. The van der Waals surface area contributed by atoms with Crippen LogP contribution in [0.2, 0.25) is 0 Å². The quantitative estimate of drug-likeness (QED) is 0.441. The molecule has 0 aliphatic heterocycles. The fourth-order valence-electron chi connectivity index (χ4n) is 2.75. The summed E-state index contributed by atoms with van der Waals surface area (Å²) >= 11 is 3.11. The van der Waals surface area contributed by atoms with E-state index >= 15 is 0 Å². The number of para-hydroxylation sites is 1. The molecule has 0 aliphatic carbocycles. The number of phenols is 1. The maximum Gasteiger partial charge on any atom is 0.255 e. The van der Waals surface area contributed by atoms with Gasteiger partial charge in [0.1, 0.15) is 10.8 Å². The monoisotopic (exact) mass is 392 g/mol. The van der Waals surface area contributed by atoms with E-state index in [1.165, 1.54) is 11.3 Å². The van der Waals surface area contributed by atoms with Crippen LogP contribution in [-0.4, -0.2) is 22.3 Å². The van der Waals surface area contributed by atoms with E-state index in [-0.39, 0.29) is 11.7 Å². The number of thiazole rings is 1. The van der Waals surface area contributed by atoms with Crippen LogP contribution >= 0.6 is 23.1 Å². The lowest BCUT2D eigenvalue weighted by molar-refractivity contribution is 0.102. The molecular weight excluding hydrogens is 376 g/mol. The van der Waals surface area contributed by atoms with Gasteiger partial charge in [-0.05, 0) is 48.7 Å². The van der Waals surface area contributed by atoms with Gasteiger partial charge in [-0.2, -0.15) is 0 Å². The van der Waals surface area contributed by atoms with E-state index in [4.69, 9.17) is 0 Å². The minimum Gasteiger partial charge on any atom is -0.507 e. The lowest BCUT2D eigenvalue weighted by Gasteiger charge is -2.08. The van der Waals surface area contributed by atoms with Gasteiger partial charge < -0.3 is 10.4 Å². The molecule has 0 atom stereocenters. The minimum atomic E-state index is -0.210. The first-order chi connectivity index (χ1) is 13.1. The number of fused-ring (bicyclic) bond motifs is 1. The van der Waals surface area contributed by atoms with Crippen molar-refractivity contribution in [2.24, 2.45) is 0 Å². The van der Waals surface area contributed by atoms with Crippen LogP contribution in [0.4, 0.5) is 5.69 Å². The Kier molecular flexibility index (Phi) is 4.83. The summed E-state index contributed by atoms with van der Waals surface area (Å²) in [5.41, 5.74) is 2.68. The normalized spacial score (nSPS) is 10.9. The molecular formula is C21H16N2O2S2. The highest BCUT2D eigenvalue weighted by Crippen LogP contribution is 2.36. The smallest absolute Gasteiger partial charge is 0.255 e. The summed E-state index contributed by atoms with van der Waals surface area (Å²) in [5, 5.41) is 14.0. The molecule has 1 amide bonds. The zero-order valence-electron chi connectivity index (χ0n) is 14.5. The molecule has 2 N–H and O–H groups in total. The van der Waals surface area contributed by atoms with Crippen LogP contribution in [0, 0.1) is 0 Å². The van der Waals surface area contributed by atoms with Crippen LogP contribution in [0.5, 0.6) is 5.75 Å². The van der Waals surface area contributed by atoms with Crippen LogP contribution in [0.15, 0.2) is 71.6 Å². The van der Waals surface area contributed by atoms with Gasteiger partial charge in [0.05, 0.1) is 15.8 Å². The largest absolute Gasteiger partial charge is 0.507 e. The number of aromatic nitrogens is 1. The van der Waals surface area contributed by atoms with Crippen molar-refractivity contribution in [2.75, 3.05) is 11.6 Å². The van der Waals surface area contributed by atoms with Crippen molar-refractivity contribution in [3.8, 4) is 16.3 Å². The predicted molar refractivity (Wildman–Crippen MR) is 113 cm³/mol. The highest BCUT2D eigenvalue weighted by atomic mass is 32.2. The highest BCUT2D eigenvalue weighted by molar-refractivity contribution is 7.98. The van der Waals surface area contributed by atoms with Crippen molar-refractivity contribution in [3.05, 3.63) is 72.3 Å². The molecule has 4 rings (SSSR count). The van der Waals surface area contributed by atoms with Gasteiger partial charge in [-0.25, -0.2) is 4.98 Å². The molecule has 0 saturated heterocycles. The lowest BCUT2D eigenvalue weighted by Crippen LogP contribution is -2.11. The van der Waals surface area contributed by atoms with Gasteiger partial charge in [0.15, 0.2) is 0 Å². The Morgan fingerprint density at radius 2 is 1.93 bits per heavy atom. The summed E-state index contributed by atoms with van der Waals surface area (Å²) in [5.74, 6) is -0.122. The SMILES string of the molecule is CSc1cccc(C(=O)Nc2ccc(-c3nc4ccccc4s3)c(O)c2)c1. The van der Waals surface area contributed by atoms with Crippen LogP contribution < -0.4 is 5.32 Å². The number of rotatable bonds is 4. The molecule has 0 unspecified atom stereocenters. The molecule has 0 radical (unpaired) electrons. The molecule has 27 heavy (non-hydrogen) atoms. The number of aromatic hydroxyl groups is 1. The van der Waals surface area contributed by atoms with Crippen molar-refractivity contribution < 1.29 is 9.90 Å². The zero-order valence-corrected chi connectivity index (χ0v) is 16.1. The second-order valence-electron chi connectivity index (χ2n) is 5.90. The number of hydrogen-bond donors (Lipinski definition) is 2. The Morgan fingerprint density at radius 3 is 2.70 bits per heavy atom. The molecule has 4 nitrogen and oxygen atoms in total. The van der Waals surface area contributed by atoms with Gasteiger partial charge >= 0.3 is 0 Å². The number of benzene rings is 3. The van der Waals surface area contributed by atoms with Crippen molar-refractivity contribution >= 4 is 44.9 Å². The van der Waals surface area contributed by atoms with Gasteiger partial charge in [-0.3, -0.25) is 4.79 Å². The fourth-order valence-corrected chi connectivity index (χ4v) is 4.20. The molecule has 6 heteroatoms. The Bertz CT molecular complexity index is 1100. The van der Waals surface area contributed by atoms with Crippen molar-refractivity contribution in [2.45, 2.75) is 4.90 Å². The molecule has 134 valence electrons. The van der Waals surface area contributed by atoms with Gasteiger partial charge in [-0.1, -0.05) is 18.2 Å². The standard InChI is InChI=1S/C21H16N2O2S2/c1-26-15-6-4-5-13(11-15)20(25)22-14-9-10-16(18(24)12-14)21-23-17-7-2-3-8-19(17)27-21/h2-12,24H,1H3,(H,22,25). The number of thioether (sulfide) groups is 1. The number of nitrogens with zero attached hydrogens (tertiary/aromatic N) is 1. The maximum atomic E-state index is 12.5. The van der Waals surface area contributed by atoms with E-state index in [0.29, 0.717) is 16.8 Å². The number of carbonyl (C=O) groups excluding carboxylic acids is 1. The number of carbonyl (C=O) groups is 1. The molecule has 0 saturated carbocycles. The van der Waals surface area contributed by atoms with E-state index in [9.17, 15) is 9.90 Å². The topological polar surface area (TPSA) is 62.2 Å². The number of amides is 1. The third kappa shape index (κ3) is 3.67. The summed E-state index contributed by atoms with van der Waals surface area (Å²) in [4.78, 5) is 18.0. The first-order valence-corrected chi connectivity index (χ1v) is 10.3. The van der Waals surface area contributed by atoms with Gasteiger partial charge in [0.2, 0.25) is 0 Å². The maximum absolute atomic E-state index is 12.5. The molecule has 0 spiro atoms. The average Bonchev–Trinajstić information content (AvgIpc) is 3.12. The first kappa shape index (κ1) is 17.6. The van der Waals surface area contributed by atoms with E-state index in [1.54, 1.807) is 36.0 Å². The van der Waals surface area contributed by atoms with Crippen LogP contribution in [0.25, 0.3) is 20.8 Å². The summed E-state index contributed by atoms with van der Waals surface area (Å²) in [7, 11) is 0. The predicted octanol–water partition coefficient (Wildman–Crippen LogP) is 5.64. The second-order valence-corrected chi connectivity index (χ2v) is 7.82. The van der Waals surface area contributed by atoms with E-state index in [0.717, 1.165) is 20.1 Å².